The molecule has 0 aromatic carbocycles. The molecule has 0 spiro atoms. The van der Waals surface area contributed by atoms with E-state index in [1.807, 2.05) is 0 Å². The third kappa shape index (κ3) is 0.934. The van der Waals surface area contributed by atoms with E-state index in [1.54, 1.807) is 0 Å². The van der Waals surface area contributed by atoms with Crippen molar-refractivity contribution in [1.82, 2.24) is 19.5 Å². The van der Waals surface area contributed by atoms with Gasteiger partial charge in [-0.05, 0) is 0 Å². The standard InChI is InChI=1S/C6H7N5O2/c1-11-2-3(9-6(11)13)8-5(7)10-4(2)12/h1H3,(H4,7,8,9,10,12,13). The molecule has 0 amide bonds. The van der Waals surface area contributed by atoms with Crippen molar-refractivity contribution in [3.05, 3.63) is 10.4 Å². The van der Waals surface area contributed by atoms with Gasteiger partial charge in [-0.15, -0.1) is 0 Å². The highest BCUT2D eigenvalue weighted by Gasteiger charge is 2.11. The zero-order valence-corrected chi connectivity index (χ0v) is 6.77. The minimum atomic E-state index is -0.419. The molecule has 68 valence electrons. The van der Waals surface area contributed by atoms with E-state index in [0.717, 1.165) is 0 Å². The van der Waals surface area contributed by atoms with Gasteiger partial charge in [-0.1, -0.05) is 0 Å². The highest BCUT2D eigenvalue weighted by atomic mass is 16.3. The first-order valence-electron chi connectivity index (χ1n) is 3.51. The number of H-pyrrole nitrogens is 1. The van der Waals surface area contributed by atoms with E-state index in [-0.39, 0.29) is 23.1 Å². The number of nitrogen functional groups attached to an aromatic ring is 1. The number of anilines is 1. The zero-order chi connectivity index (χ0) is 9.59. The minimum Gasteiger partial charge on any atom is -0.480 e. The molecule has 0 unspecified atom stereocenters. The lowest BCUT2D eigenvalue weighted by Gasteiger charge is -1.93. The average molecular weight is 181 g/mol. The second-order valence-electron chi connectivity index (χ2n) is 2.59. The molecule has 0 bridgehead atoms. The molecule has 0 aliphatic heterocycles. The fourth-order valence-electron chi connectivity index (χ4n) is 1.12. The van der Waals surface area contributed by atoms with Gasteiger partial charge in [0.05, 0.1) is 0 Å². The number of aromatic amines is 1. The van der Waals surface area contributed by atoms with Crippen LogP contribution < -0.4 is 11.3 Å². The predicted molar refractivity (Wildman–Crippen MR) is 45.2 cm³/mol. The number of aromatic nitrogens is 4. The first kappa shape index (κ1) is 7.59. The van der Waals surface area contributed by atoms with Crippen molar-refractivity contribution >= 4 is 17.1 Å². The van der Waals surface area contributed by atoms with Crippen LogP contribution in [0, 0.1) is 0 Å². The number of imidazole rings is 1. The van der Waals surface area contributed by atoms with E-state index >= 15 is 0 Å². The van der Waals surface area contributed by atoms with Crippen LogP contribution in [0.25, 0.3) is 11.2 Å². The van der Waals surface area contributed by atoms with E-state index in [2.05, 4.69) is 15.0 Å². The van der Waals surface area contributed by atoms with Crippen LogP contribution in [0.15, 0.2) is 4.79 Å². The Labute approximate surface area is 71.9 Å². The highest BCUT2D eigenvalue weighted by Crippen LogP contribution is 2.12. The third-order valence-corrected chi connectivity index (χ3v) is 1.74. The first-order valence-corrected chi connectivity index (χ1v) is 3.51. The number of fused-ring (bicyclic) bond motifs is 1. The quantitative estimate of drug-likeness (QED) is 0.480. The summed E-state index contributed by atoms with van der Waals surface area (Å²) < 4.78 is 1.24. The highest BCUT2D eigenvalue weighted by molar-refractivity contribution is 5.72. The Hall–Kier alpha value is -2.05. The van der Waals surface area contributed by atoms with Crippen LogP contribution in [0.3, 0.4) is 0 Å². The molecule has 7 heteroatoms. The van der Waals surface area contributed by atoms with Crippen LogP contribution in [0.2, 0.25) is 0 Å². The number of aryl methyl sites for hydroxylation is 1. The number of nitrogens with one attached hydrogen (secondary N) is 1. The second-order valence-corrected chi connectivity index (χ2v) is 2.59. The minimum absolute atomic E-state index is 0.0180. The Kier molecular flexibility index (Phi) is 1.30. The molecule has 0 aliphatic rings. The van der Waals surface area contributed by atoms with Gasteiger partial charge in [0.25, 0.3) is 11.6 Å². The van der Waals surface area contributed by atoms with Gasteiger partial charge in [0.1, 0.15) is 0 Å². The lowest BCUT2D eigenvalue weighted by atomic mass is 10.5. The molecule has 0 atom stereocenters. The molecule has 0 fully saturated rings. The van der Waals surface area contributed by atoms with Crippen molar-refractivity contribution in [1.29, 1.82) is 0 Å². The van der Waals surface area contributed by atoms with Gasteiger partial charge < -0.3 is 10.8 Å². The SMILES string of the molecule is Cn1c(O)nc2nc(N)[nH]c(=O)c21. The summed E-state index contributed by atoms with van der Waals surface area (Å²) in [6, 6.07) is -0.265. The van der Waals surface area contributed by atoms with Crippen molar-refractivity contribution in [2.24, 2.45) is 7.05 Å². The van der Waals surface area contributed by atoms with E-state index in [0.29, 0.717) is 0 Å². The molecule has 0 radical (unpaired) electrons. The lowest BCUT2D eigenvalue weighted by Crippen LogP contribution is -2.13. The second kappa shape index (κ2) is 2.22. The fraction of sp³-hybridized carbons (Fsp3) is 0.167. The molecule has 0 saturated carbocycles. The summed E-state index contributed by atoms with van der Waals surface area (Å²) in [4.78, 5) is 21.0. The number of rotatable bonds is 0. The van der Waals surface area contributed by atoms with Crippen molar-refractivity contribution in [3.8, 4) is 6.01 Å². The Morgan fingerprint density at radius 2 is 2.23 bits per heavy atom. The molecule has 4 N–H and O–H groups in total. The van der Waals surface area contributed by atoms with Crippen LogP contribution in [-0.2, 0) is 7.05 Å². The average Bonchev–Trinajstić information content (AvgIpc) is 2.27. The van der Waals surface area contributed by atoms with Crippen molar-refractivity contribution in [3.63, 3.8) is 0 Å². The summed E-state index contributed by atoms with van der Waals surface area (Å²) in [5, 5.41) is 9.18. The summed E-state index contributed by atoms with van der Waals surface area (Å²) in [6.45, 7) is 0. The fourth-order valence-corrected chi connectivity index (χ4v) is 1.12. The molecule has 2 aromatic rings. The Morgan fingerprint density at radius 1 is 1.54 bits per heavy atom. The van der Waals surface area contributed by atoms with Crippen LogP contribution in [0.1, 0.15) is 0 Å². The maximum absolute atomic E-state index is 11.3. The number of nitrogens with two attached hydrogens (primary N) is 1. The van der Waals surface area contributed by atoms with Crippen LogP contribution in [0.5, 0.6) is 6.01 Å². The zero-order valence-electron chi connectivity index (χ0n) is 6.77. The Bertz CT molecular complexity index is 526. The Balaban J connectivity index is 3.03. The molecule has 0 aliphatic carbocycles. The number of hydrogen-bond donors (Lipinski definition) is 3. The van der Waals surface area contributed by atoms with E-state index in [4.69, 9.17) is 5.73 Å². The molecular weight excluding hydrogens is 174 g/mol. The molecule has 2 rings (SSSR count). The maximum Gasteiger partial charge on any atom is 0.296 e. The van der Waals surface area contributed by atoms with Crippen molar-refractivity contribution < 1.29 is 5.11 Å². The maximum atomic E-state index is 11.3. The number of nitrogens with zero attached hydrogens (tertiary/aromatic N) is 3. The van der Waals surface area contributed by atoms with Crippen LogP contribution >= 0.6 is 0 Å². The van der Waals surface area contributed by atoms with Gasteiger partial charge in [-0.25, -0.2) is 0 Å². The van der Waals surface area contributed by atoms with Crippen molar-refractivity contribution in [2.75, 3.05) is 5.73 Å². The predicted octanol–water partition coefficient (Wildman–Crippen LogP) is -1.06. The largest absolute Gasteiger partial charge is 0.480 e. The molecule has 13 heavy (non-hydrogen) atoms. The molecule has 0 saturated heterocycles. The summed E-state index contributed by atoms with van der Waals surface area (Å²) in [5.74, 6) is -0.0180. The van der Waals surface area contributed by atoms with Gasteiger partial charge in [0.15, 0.2) is 11.2 Å². The van der Waals surface area contributed by atoms with Gasteiger partial charge in [0, 0.05) is 7.05 Å². The van der Waals surface area contributed by atoms with Crippen molar-refractivity contribution in [2.45, 2.75) is 0 Å². The van der Waals surface area contributed by atoms with E-state index in [1.165, 1.54) is 11.6 Å². The third-order valence-electron chi connectivity index (χ3n) is 1.74. The van der Waals surface area contributed by atoms with E-state index < -0.39 is 5.56 Å². The summed E-state index contributed by atoms with van der Waals surface area (Å²) in [6.07, 6.45) is 0. The van der Waals surface area contributed by atoms with E-state index in [9.17, 15) is 9.90 Å². The van der Waals surface area contributed by atoms with Crippen LogP contribution in [0.4, 0.5) is 5.95 Å². The molecule has 7 nitrogen and oxygen atoms in total. The van der Waals surface area contributed by atoms with Gasteiger partial charge in [-0.3, -0.25) is 14.3 Å². The Morgan fingerprint density at radius 3 is 2.92 bits per heavy atom. The normalized spacial score (nSPS) is 10.8. The lowest BCUT2D eigenvalue weighted by molar-refractivity contribution is 0.415. The van der Waals surface area contributed by atoms with Crippen LogP contribution in [-0.4, -0.2) is 24.6 Å². The topological polar surface area (TPSA) is 110 Å². The monoisotopic (exact) mass is 181 g/mol. The summed E-state index contributed by atoms with van der Waals surface area (Å²) >= 11 is 0. The molecular formula is C6H7N5O2. The van der Waals surface area contributed by atoms with Gasteiger partial charge in [0.2, 0.25) is 5.95 Å². The number of aromatic hydroxyl groups is 1. The number of hydrogen-bond acceptors (Lipinski definition) is 5. The first-order chi connectivity index (χ1) is 6.09. The smallest absolute Gasteiger partial charge is 0.296 e. The van der Waals surface area contributed by atoms with Gasteiger partial charge in [-0.2, -0.15) is 9.97 Å². The molecule has 2 aromatic heterocycles. The van der Waals surface area contributed by atoms with Gasteiger partial charge >= 0.3 is 0 Å². The summed E-state index contributed by atoms with van der Waals surface area (Å²) in [7, 11) is 1.51. The summed E-state index contributed by atoms with van der Waals surface area (Å²) in [5.41, 5.74) is 5.21. The molecule has 2 heterocycles.